The van der Waals surface area contributed by atoms with Crippen LogP contribution in [-0.4, -0.2) is 36.6 Å². The molecule has 1 unspecified atom stereocenters. The van der Waals surface area contributed by atoms with Gasteiger partial charge in [-0.1, -0.05) is 0 Å². The number of nitrogens with two attached hydrogens (primary N) is 1. The highest BCUT2D eigenvalue weighted by Crippen LogP contribution is 2.31. The van der Waals surface area contributed by atoms with Gasteiger partial charge in [-0.2, -0.15) is 0 Å². The molecule has 14 heavy (non-hydrogen) atoms. The van der Waals surface area contributed by atoms with Gasteiger partial charge in [0.05, 0.1) is 5.54 Å². The summed E-state index contributed by atoms with van der Waals surface area (Å²) in [4.78, 5) is 11.8. The molecule has 0 aromatic heterocycles. The highest BCUT2D eigenvalue weighted by atomic mass is 32.2. The number of amides is 1. The van der Waals surface area contributed by atoms with E-state index >= 15 is 0 Å². The van der Waals surface area contributed by atoms with Crippen LogP contribution in [0.2, 0.25) is 0 Å². The minimum atomic E-state index is -3.68. The molecule has 6 nitrogen and oxygen atoms in total. The summed E-state index contributed by atoms with van der Waals surface area (Å²) in [6, 6.07) is 0. The van der Waals surface area contributed by atoms with Crippen LogP contribution >= 0.6 is 0 Å². The van der Waals surface area contributed by atoms with Crippen LogP contribution in [0.1, 0.15) is 13.3 Å². The van der Waals surface area contributed by atoms with Crippen LogP contribution in [0.25, 0.3) is 0 Å². The molecule has 7 heteroatoms. The van der Waals surface area contributed by atoms with E-state index in [2.05, 4.69) is 0 Å². The highest BCUT2D eigenvalue weighted by Gasteiger charge is 2.41. The van der Waals surface area contributed by atoms with Crippen molar-refractivity contribution >= 4 is 16.1 Å². The molecule has 0 bridgehead atoms. The van der Waals surface area contributed by atoms with E-state index < -0.39 is 21.7 Å². The van der Waals surface area contributed by atoms with Crippen molar-refractivity contribution in [3.8, 4) is 0 Å². The average Bonchev–Trinajstić information content (AvgIpc) is 1.95. The monoisotopic (exact) mass is 220 g/mol. The maximum Gasteiger partial charge on any atom is 0.407 e. The maximum absolute atomic E-state index is 10.6. The summed E-state index contributed by atoms with van der Waals surface area (Å²) in [5.41, 5.74) is -0.738. The summed E-state index contributed by atoms with van der Waals surface area (Å²) >= 11 is 0. The minimum Gasteiger partial charge on any atom is -0.465 e. The third-order valence-electron chi connectivity index (χ3n) is 2.31. The van der Waals surface area contributed by atoms with E-state index in [0.717, 1.165) is 10.3 Å². The lowest BCUT2D eigenvalue weighted by Crippen LogP contribution is -2.58. The molecule has 0 aromatic rings. The Hall–Kier alpha value is -1.08. The largest absolute Gasteiger partial charge is 0.465 e. The molecule has 1 saturated heterocycles. The number of rotatable bonds is 2. The lowest BCUT2D eigenvalue weighted by Gasteiger charge is -2.46. The molecule has 3 N–H and O–H groups in total. The Kier molecular flexibility index (Phi) is 2.55. The first-order valence-electron chi connectivity index (χ1n) is 3.97. The van der Waals surface area contributed by atoms with Crippen LogP contribution in [-0.2, 0) is 10.0 Å². The number of primary sulfonamides is 1. The third-order valence-corrected chi connectivity index (χ3v) is 2.82. The van der Waals surface area contributed by atoms with Crippen LogP contribution < -0.4 is 5.14 Å². The molecule has 0 aromatic carbocycles. The van der Waals surface area contributed by atoms with E-state index in [9.17, 15) is 13.2 Å². The molecule has 1 aliphatic rings. The lowest BCUT2D eigenvalue weighted by atomic mass is 9.87. The molecule has 1 rings (SSSR count). The van der Waals surface area contributed by atoms with E-state index in [0.29, 0.717) is 13.0 Å². The number of hydrogen-bond donors (Lipinski definition) is 2. The van der Waals surface area contributed by atoms with Crippen molar-refractivity contribution in [3.63, 3.8) is 0 Å². The zero-order valence-electron chi connectivity index (χ0n) is 7.67. The van der Waals surface area contributed by atoms with Crippen molar-refractivity contribution in [2.45, 2.75) is 18.9 Å². The van der Waals surface area contributed by atoms with Crippen LogP contribution in [0.4, 0.5) is 4.79 Å². The Morgan fingerprint density at radius 1 is 1.64 bits per heavy atom. The Morgan fingerprint density at radius 2 is 2.21 bits per heavy atom. The molecule has 0 aliphatic carbocycles. The quantitative estimate of drug-likeness (QED) is 0.680. The first kappa shape index (κ1) is 11.0. The molecule has 1 atom stereocenters. The van der Waals surface area contributed by atoms with Gasteiger partial charge in [-0.15, -0.1) is 0 Å². The summed E-state index contributed by atoms with van der Waals surface area (Å²) in [7, 11) is -3.68. The number of hydrogen-bond acceptors (Lipinski definition) is 3. The van der Waals surface area contributed by atoms with Gasteiger partial charge in [0.1, 0.15) is 0 Å². The predicted octanol–water partition coefficient (Wildman–Crippen LogP) is -0.0690. The minimum absolute atomic E-state index is 0.417. The third kappa shape index (κ3) is 2.24. The number of likely N-dealkylation sites (tertiary alicyclic amines) is 1. The number of carboxylic acid groups (broad SMARTS) is 1. The predicted molar refractivity (Wildman–Crippen MR) is 50.0 cm³/mol. The second-order valence-electron chi connectivity index (χ2n) is 3.43. The van der Waals surface area contributed by atoms with Gasteiger partial charge in [-0.3, -0.25) is 4.90 Å². The molecule has 1 fully saturated rings. The van der Waals surface area contributed by atoms with Crippen LogP contribution in [0, 0.1) is 0 Å². The number of nitrogens with zero attached hydrogens (tertiary/aromatic N) is 1. The van der Waals surface area contributed by atoms with Gasteiger partial charge < -0.3 is 5.11 Å². The van der Waals surface area contributed by atoms with Gasteiger partial charge in [0.15, 0.2) is 0 Å². The first-order valence-corrected chi connectivity index (χ1v) is 5.58. The lowest BCUT2D eigenvalue weighted by molar-refractivity contribution is 0.0430. The van der Waals surface area contributed by atoms with E-state index in [-0.39, 0.29) is 0 Å². The number of sulfonamides is 1. The van der Waals surface area contributed by atoms with Gasteiger partial charge in [0.25, 0.3) is 0 Å². The second-order valence-corrected chi connectivity index (χ2v) is 4.88. The van der Waals surface area contributed by atoms with Crippen molar-refractivity contribution in [1.29, 1.82) is 0 Å². The van der Waals surface area contributed by atoms with Crippen LogP contribution in [0.3, 0.4) is 0 Å². The van der Waals surface area contributed by atoms with E-state index in [1.165, 1.54) is 6.08 Å². The Bertz CT molecular complexity index is 375. The van der Waals surface area contributed by atoms with Crippen molar-refractivity contribution in [2.24, 2.45) is 5.14 Å². The molecule has 80 valence electrons. The van der Waals surface area contributed by atoms with Crippen molar-refractivity contribution in [1.82, 2.24) is 4.90 Å². The second kappa shape index (κ2) is 3.25. The zero-order chi connectivity index (χ0) is 11.0. The molecule has 0 spiro atoms. The standard InChI is InChI=1S/C7H12N2O4S/c1-7(3-5-14(8,12)13)2-4-9(7)6(10)11/h3,5H,2,4H2,1H3,(H,10,11)(H2,8,12,13). The molecule has 0 radical (unpaired) electrons. The first-order chi connectivity index (χ1) is 6.25. The van der Waals surface area contributed by atoms with Crippen LogP contribution in [0.15, 0.2) is 11.5 Å². The summed E-state index contributed by atoms with van der Waals surface area (Å²) in [6.45, 7) is 2.06. The summed E-state index contributed by atoms with van der Waals surface area (Å²) in [5, 5.41) is 14.3. The number of carbonyl (C=O) groups is 1. The van der Waals surface area contributed by atoms with Crippen LogP contribution in [0.5, 0.6) is 0 Å². The van der Waals surface area contributed by atoms with Gasteiger partial charge in [0.2, 0.25) is 10.0 Å². The van der Waals surface area contributed by atoms with Crippen molar-refractivity contribution < 1.29 is 18.3 Å². The fourth-order valence-electron chi connectivity index (χ4n) is 1.31. The van der Waals surface area contributed by atoms with Gasteiger partial charge in [-0.05, 0) is 19.4 Å². The van der Waals surface area contributed by atoms with Gasteiger partial charge in [-0.25, -0.2) is 18.4 Å². The maximum atomic E-state index is 10.6. The Balaban J connectivity index is 2.79. The molecular formula is C7H12N2O4S. The molecule has 1 heterocycles. The van der Waals surface area contributed by atoms with Gasteiger partial charge in [0, 0.05) is 12.0 Å². The van der Waals surface area contributed by atoms with Crippen molar-refractivity contribution in [3.05, 3.63) is 11.5 Å². The summed E-state index contributed by atoms with van der Waals surface area (Å²) in [6.07, 6.45) is 0.850. The molecule has 1 amide bonds. The normalized spacial score (nSPS) is 27.7. The summed E-state index contributed by atoms with van der Waals surface area (Å²) in [5.74, 6) is 0. The Morgan fingerprint density at radius 3 is 2.50 bits per heavy atom. The molecule has 0 saturated carbocycles. The van der Waals surface area contributed by atoms with E-state index in [1.54, 1.807) is 6.92 Å². The SMILES string of the molecule is CC1(C=CS(N)(=O)=O)CCN1C(=O)O. The van der Waals surface area contributed by atoms with E-state index in [1.807, 2.05) is 0 Å². The topological polar surface area (TPSA) is 101 Å². The Labute approximate surface area is 82.0 Å². The smallest absolute Gasteiger partial charge is 0.407 e. The van der Waals surface area contributed by atoms with E-state index in [4.69, 9.17) is 10.2 Å². The zero-order valence-corrected chi connectivity index (χ0v) is 8.49. The molecular weight excluding hydrogens is 208 g/mol. The fraction of sp³-hybridized carbons (Fsp3) is 0.571. The van der Waals surface area contributed by atoms with Gasteiger partial charge >= 0.3 is 6.09 Å². The fourth-order valence-corrected chi connectivity index (χ4v) is 1.79. The van der Waals surface area contributed by atoms with Crippen molar-refractivity contribution in [2.75, 3.05) is 6.54 Å². The highest BCUT2D eigenvalue weighted by molar-refractivity contribution is 7.92. The average molecular weight is 220 g/mol. The summed E-state index contributed by atoms with van der Waals surface area (Å²) < 4.78 is 21.2. The molecule has 1 aliphatic heterocycles.